The fourth-order valence-electron chi connectivity index (χ4n) is 2.04. The van der Waals surface area contributed by atoms with Crippen LogP contribution in [0.4, 0.5) is 0 Å². The SMILES string of the molecule is CC1(C)CC(=NO)c2cc(Br)ccc21. The van der Waals surface area contributed by atoms with Crippen molar-refractivity contribution < 1.29 is 5.21 Å². The molecule has 74 valence electrons. The predicted octanol–water partition coefficient (Wildman–Crippen LogP) is 3.31. The van der Waals surface area contributed by atoms with Crippen molar-refractivity contribution in [1.82, 2.24) is 0 Å². The Labute approximate surface area is 91.8 Å². The normalized spacial score (nSPS) is 21.2. The van der Waals surface area contributed by atoms with Gasteiger partial charge in [0.15, 0.2) is 0 Å². The number of oxime groups is 1. The van der Waals surface area contributed by atoms with Gasteiger partial charge in [-0.1, -0.05) is 41.0 Å². The predicted molar refractivity (Wildman–Crippen MR) is 60.1 cm³/mol. The second-order valence-electron chi connectivity index (χ2n) is 4.30. The van der Waals surface area contributed by atoms with E-state index in [1.807, 2.05) is 12.1 Å². The van der Waals surface area contributed by atoms with Crippen molar-refractivity contribution in [2.24, 2.45) is 5.16 Å². The van der Waals surface area contributed by atoms with Crippen LogP contribution in [-0.2, 0) is 5.41 Å². The Morgan fingerprint density at radius 3 is 2.79 bits per heavy atom. The van der Waals surface area contributed by atoms with Crippen LogP contribution in [0.5, 0.6) is 0 Å². The van der Waals surface area contributed by atoms with Gasteiger partial charge in [-0.3, -0.25) is 0 Å². The first-order chi connectivity index (χ1) is 6.54. The number of rotatable bonds is 0. The molecule has 0 unspecified atom stereocenters. The number of halogens is 1. The zero-order valence-corrected chi connectivity index (χ0v) is 9.80. The van der Waals surface area contributed by atoms with Gasteiger partial charge in [-0.15, -0.1) is 0 Å². The van der Waals surface area contributed by atoms with Crippen molar-refractivity contribution in [2.45, 2.75) is 25.7 Å². The summed E-state index contributed by atoms with van der Waals surface area (Å²) in [6, 6.07) is 6.14. The molecule has 1 aliphatic rings. The average molecular weight is 254 g/mol. The Morgan fingerprint density at radius 1 is 1.43 bits per heavy atom. The molecular weight excluding hydrogens is 242 g/mol. The summed E-state index contributed by atoms with van der Waals surface area (Å²) in [5.41, 5.74) is 3.18. The first kappa shape index (κ1) is 9.71. The van der Waals surface area contributed by atoms with Gasteiger partial charge in [0, 0.05) is 16.5 Å². The van der Waals surface area contributed by atoms with Gasteiger partial charge in [0.1, 0.15) is 0 Å². The van der Waals surface area contributed by atoms with E-state index >= 15 is 0 Å². The number of nitrogens with zero attached hydrogens (tertiary/aromatic N) is 1. The highest BCUT2D eigenvalue weighted by atomic mass is 79.9. The molecule has 0 spiro atoms. The topological polar surface area (TPSA) is 32.6 Å². The van der Waals surface area contributed by atoms with E-state index in [2.05, 4.69) is 41.0 Å². The Hall–Kier alpha value is -0.830. The molecule has 3 heteroatoms. The first-order valence-corrected chi connectivity index (χ1v) is 5.35. The van der Waals surface area contributed by atoms with E-state index in [4.69, 9.17) is 5.21 Å². The highest BCUT2D eigenvalue weighted by Crippen LogP contribution is 2.39. The highest BCUT2D eigenvalue weighted by molar-refractivity contribution is 9.10. The molecule has 1 aliphatic carbocycles. The summed E-state index contributed by atoms with van der Waals surface area (Å²) in [7, 11) is 0. The molecule has 2 rings (SSSR count). The molecule has 0 aliphatic heterocycles. The fourth-order valence-corrected chi connectivity index (χ4v) is 2.40. The standard InChI is InChI=1S/C11H12BrNO/c1-11(2)6-10(13-14)8-5-7(12)3-4-9(8)11/h3-5,14H,6H2,1-2H3. The highest BCUT2D eigenvalue weighted by Gasteiger charge is 2.34. The average Bonchev–Trinajstić information content (AvgIpc) is 2.37. The molecule has 1 aromatic rings. The van der Waals surface area contributed by atoms with Crippen LogP contribution in [0, 0.1) is 0 Å². The molecule has 0 saturated heterocycles. The maximum atomic E-state index is 8.91. The smallest absolute Gasteiger partial charge is 0.0879 e. The maximum absolute atomic E-state index is 8.91. The molecule has 0 heterocycles. The van der Waals surface area contributed by atoms with E-state index in [0.717, 1.165) is 22.2 Å². The summed E-state index contributed by atoms with van der Waals surface area (Å²) >= 11 is 3.42. The van der Waals surface area contributed by atoms with Gasteiger partial charge in [-0.05, 0) is 23.1 Å². The van der Waals surface area contributed by atoms with Gasteiger partial charge >= 0.3 is 0 Å². The summed E-state index contributed by atoms with van der Waals surface area (Å²) in [6.45, 7) is 4.33. The molecule has 0 bridgehead atoms. The van der Waals surface area contributed by atoms with Crippen molar-refractivity contribution in [3.8, 4) is 0 Å². The van der Waals surface area contributed by atoms with Crippen LogP contribution in [0.1, 0.15) is 31.4 Å². The third kappa shape index (κ3) is 1.36. The Bertz CT molecular complexity index is 410. The van der Waals surface area contributed by atoms with Crippen molar-refractivity contribution in [2.75, 3.05) is 0 Å². The van der Waals surface area contributed by atoms with E-state index in [1.54, 1.807) is 0 Å². The van der Waals surface area contributed by atoms with E-state index in [1.165, 1.54) is 5.56 Å². The molecular formula is C11H12BrNO. The monoisotopic (exact) mass is 253 g/mol. The lowest BCUT2D eigenvalue weighted by molar-refractivity contribution is 0.317. The Balaban J connectivity index is 2.66. The van der Waals surface area contributed by atoms with Gasteiger partial charge < -0.3 is 5.21 Å². The van der Waals surface area contributed by atoms with Gasteiger partial charge in [0.2, 0.25) is 0 Å². The van der Waals surface area contributed by atoms with E-state index in [-0.39, 0.29) is 5.41 Å². The fraction of sp³-hybridized carbons (Fsp3) is 0.364. The summed E-state index contributed by atoms with van der Waals surface area (Å²) in [4.78, 5) is 0. The first-order valence-electron chi connectivity index (χ1n) is 4.56. The van der Waals surface area contributed by atoms with Crippen LogP contribution in [0.25, 0.3) is 0 Å². The minimum atomic E-state index is 0.0809. The lowest BCUT2D eigenvalue weighted by atomic mass is 9.87. The zero-order valence-electron chi connectivity index (χ0n) is 8.21. The lowest BCUT2D eigenvalue weighted by Gasteiger charge is -2.17. The van der Waals surface area contributed by atoms with Gasteiger partial charge in [-0.2, -0.15) is 0 Å². The molecule has 0 saturated carbocycles. The second kappa shape index (κ2) is 3.09. The van der Waals surface area contributed by atoms with Crippen LogP contribution in [0.3, 0.4) is 0 Å². The molecule has 1 aromatic carbocycles. The maximum Gasteiger partial charge on any atom is 0.0879 e. The molecule has 2 nitrogen and oxygen atoms in total. The Morgan fingerprint density at radius 2 is 2.14 bits per heavy atom. The van der Waals surface area contributed by atoms with Crippen molar-refractivity contribution in [1.29, 1.82) is 0 Å². The molecule has 0 fully saturated rings. The summed E-state index contributed by atoms with van der Waals surface area (Å²) in [6.07, 6.45) is 0.801. The van der Waals surface area contributed by atoms with E-state index < -0.39 is 0 Å². The Kier molecular flexibility index (Phi) is 2.14. The van der Waals surface area contributed by atoms with Crippen LogP contribution in [-0.4, -0.2) is 10.9 Å². The van der Waals surface area contributed by atoms with Gasteiger partial charge in [-0.25, -0.2) is 0 Å². The van der Waals surface area contributed by atoms with Gasteiger partial charge in [0.05, 0.1) is 5.71 Å². The van der Waals surface area contributed by atoms with Crippen molar-refractivity contribution >= 4 is 21.6 Å². The van der Waals surface area contributed by atoms with Crippen molar-refractivity contribution in [3.05, 3.63) is 33.8 Å². The number of hydrogen-bond acceptors (Lipinski definition) is 2. The minimum Gasteiger partial charge on any atom is -0.411 e. The number of fused-ring (bicyclic) bond motifs is 1. The van der Waals surface area contributed by atoms with E-state index in [0.29, 0.717) is 0 Å². The molecule has 14 heavy (non-hydrogen) atoms. The third-order valence-corrected chi connectivity index (χ3v) is 3.24. The van der Waals surface area contributed by atoms with Crippen LogP contribution in [0.15, 0.2) is 27.8 Å². The van der Waals surface area contributed by atoms with Crippen LogP contribution < -0.4 is 0 Å². The molecule has 0 amide bonds. The molecule has 0 atom stereocenters. The largest absolute Gasteiger partial charge is 0.411 e. The minimum absolute atomic E-state index is 0.0809. The third-order valence-electron chi connectivity index (χ3n) is 2.75. The second-order valence-corrected chi connectivity index (χ2v) is 5.21. The summed E-state index contributed by atoms with van der Waals surface area (Å²) in [5.74, 6) is 0. The molecule has 0 aromatic heterocycles. The molecule has 0 radical (unpaired) electrons. The van der Waals surface area contributed by atoms with Crippen LogP contribution in [0.2, 0.25) is 0 Å². The number of benzene rings is 1. The lowest BCUT2D eigenvalue weighted by Crippen LogP contribution is -2.12. The van der Waals surface area contributed by atoms with Crippen LogP contribution >= 0.6 is 15.9 Å². The summed E-state index contributed by atoms with van der Waals surface area (Å²) < 4.78 is 1.02. The molecule has 1 N–H and O–H groups in total. The van der Waals surface area contributed by atoms with E-state index in [9.17, 15) is 0 Å². The zero-order chi connectivity index (χ0) is 10.3. The quantitative estimate of drug-likeness (QED) is 0.559. The van der Waals surface area contributed by atoms with Gasteiger partial charge in [0.25, 0.3) is 0 Å². The number of hydrogen-bond donors (Lipinski definition) is 1. The van der Waals surface area contributed by atoms with Crippen molar-refractivity contribution in [3.63, 3.8) is 0 Å². The summed E-state index contributed by atoms with van der Waals surface area (Å²) in [5, 5.41) is 12.3.